The van der Waals surface area contributed by atoms with Gasteiger partial charge in [-0.15, -0.1) is 0 Å². The van der Waals surface area contributed by atoms with Gasteiger partial charge in [-0.1, -0.05) is 128 Å². The third-order valence-corrected chi connectivity index (χ3v) is 15.6. The summed E-state index contributed by atoms with van der Waals surface area (Å²) in [4.78, 5) is 4.94. The second kappa shape index (κ2) is 14.3. The van der Waals surface area contributed by atoms with Gasteiger partial charge in [0.05, 0.1) is 22.9 Å². The predicted octanol–water partition coefficient (Wildman–Crippen LogP) is 10.6. The lowest BCUT2D eigenvalue weighted by molar-refractivity contribution is 0.288. The van der Waals surface area contributed by atoms with Crippen LogP contribution in [0.1, 0.15) is 29.0 Å². The van der Waals surface area contributed by atoms with Crippen LogP contribution in [0.3, 0.4) is 0 Å². The van der Waals surface area contributed by atoms with Crippen LogP contribution < -0.4 is 35.3 Å². The summed E-state index contributed by atoms with van der Waals surface area (Å²) in [7, 11) is -1.93. The Balaban J connectivity index is 1.09. The van der Waals surface area contributed by atoms with Crippen LogP contribution >= 0.6 is 0 Å². The van der Waals surface area contributed by atoms with Gasteiger partial charge in [-0.05, 0) is 119 Å². The molecule has 6 aromatic carbocycles. The van der Waals surface area contributed by atoms with Crippen molar-refractivity contribution in [1.82, 2.24) is 0 Å². The van der Waals surface area contributed by atoms with Crippen molar-refractivity contribution < 1.29 is 4.74 Å². The SMILES string of the molecule is Cc1c(N(c2ccc([Si](C)(C)C)cc2)C2C=CC=CC2)ccc2c1=CC1Oc3cc4c(C)c(N(c5ccccc5)c5ccc([Si](C)C)cc5)ccc4cc3C1C=2. The van der Waals surface area contributed by atoms with Crippen LogP contribution in [-0.2, 0) is 0 Å². The zero-order valence-electron chi connectivity index (χ0n) is 33.7. The molecule has 3 unspecified atom stereocenters. The molecule has 3 nitrogen and oxygen atoms in total. The zero-order chi connectivity index (χ0) is 38.7. The molecule has 0 saturated heterocycles. The number of ether oxygens (including phenoxy) is 1. The highest BCUT2D eigenvalue weighted by molar-refractivity contribution is 6.88. The lowest BCUT2D eigenvalue weighted by Crippen LogP contribution is -2.39. The van der Waals surface area contributed by atoms with Gasteiger partial charge in [0.15, 0.2) is 0 Å². The number of hydrogen-bond acceptors (Lipinski definition) is 3. The summed E-state index contributed by atoms with van der Waals surface area (Å²) in [5.74, 6) is 1.16. The summed E-state index contributed by atoms with van der Waals surface area (Å²) in [5, 5.41) is 7.97. The first-order valence-electron chi connectivity index (χ1n) is 20.1. The second-order valence-electron chi connectivity index (χ2n) is 17.0. The highest BCUT2D eigenvalue weighted by atomic mass is 28.3. The highest BCUT2D eigenvalue weighted by Gasteiger charge is 2.34. The van der Waals surface area contributed by atoms with E-state index in [0.29, 0.717) is 0 Å². The Morgan fingerprint density at radius 2 is 1.41 bits per heavy atom. The van der Waals surface area contributed by atoms with E-state index in [0.717, 1.165) is 17.9 Å². The van der Waals surface area contributed by atoms with Gasteiger partial charge in [0, 0.05) is 39.9 Å². The predicted molar refractivity (Wildman–Crippen MR) is 245 cm³/mol. The molecule has 1 heterocycles. The Kier molecular flexibility index (Phi) is 9.26. The smallest absolute Gasteiger partial charge is 0.128 e. The van der Waals surface area contributed by atoms with Gasteiger partial charge < -0.3 is 14.5 Å². The van der Waals surface area contributed by atoms with Crippen LogP contribution in [0, 0.1) is 13.8 Å². The number of para-hydroxylation sites is 1. The first-order valence-corrected chi connectivity index (χ1v) is 26.1. The van der Waals surface area contributed by atoms with Crippen molar-refractivity contribution in [1.29, 1.82) is 0 Å². The lowest BCUT2D eigenvalue weighted by Gasteiger charge is -2.34. The minimum absolute atomic E-state index is 0.0482. The maximum absolute atomic E-state index is 6.91. The lowest BCUT2D eigenvalue weighted by atomic mass is 9.87. The van der Waals surface area contributed by atoms with Crippen molar-refractivity contribution in [2.24, 2.45) is 0 Å². The van der Waals surface area contributed by atoms with Crippen LogP contribution in [-0.4, -0.2) is 29.0 Å². The topological polar surface area (TPSA) is 15.7 Å². The van der Waals surface area contributed by atoms with Crippen LogP contribution in [0.2, 0.25) is 32.7 Å². The molecule has 2 aliphatic carbocycles. The Hall–Kier alpha value is -5.37. The van der Waals surface area contributed by atoms with Crippen LogP contribution in [0.25, 0.3) is 22.9 Å². The minimum atomic E-state index is -1.41. The number of anilines is 5. The fourth-order valence-electron chi connectivity index (χ4n) is 8.89. The van der Waals surface area contributed by atoms with Crippen molar-refractivity contribution in [2.75, 3.05) is 9.80 Å². The zero-order valence-corrected chi connectivity index (χ0v) is 35.7. The largest absolute Gasteiger partial charge is 0.485 e. The molecule has 5 heteroatoms. The molecule has 6 aromatic rings. The molecule has 3 aliphatic rings. The van der Waals surface area contributed by atoms with Gasteiger partial charge in [0.25, 0.3) is 0 Å². The third kappa shape index (κ3) is 6.47. The number of allylic oxidation sites excluding steroid dienone is 2. The molecule has 0 bridgehead atoms. The average molecular weight is 764 g/mol. The average Bonchev–Trinajstić information content (AvgIpc) is 3.56. The number of rotatable bonds is 8. The van der Waals surface area contributed by atoms with E-state index < -0.39 is 16.9 Å². The van der Waals surface area contributed by atoms with Gasteiger partial charge in [-0.3, -0.25) is 0 Å². The summed E-state index contributed by atoms with van der Waals surface area (Å²) < 4.78 is 6.91. The summed E-state index contributed by atoms with van der Waals surface area (Å²) >= 11 is 0. The van der Waals surface area contributed by atoms with Crippen LogP contribution in [0.5, 0.6) is 5.75 Å². The number of benzene rings is 6. The van der Waals surface area contributed by atoms with E-state index in [4.69, 9.17) is 4.74 Å². The molecule has 1 aliphatic heterocycles. The first kappa shape index (κ1) is 36.3. The summed E-state index contributed by atoms with van der Waals surface area (Å²) in [6.45, 7) is 16.5. The minimum Gasteiger partial charge on any atom is -0.485 e. The maximum atomic E-state index is 6.91. The van der Waals surface area contributed by atoms with E-state index in [1.54, 1.807) is 0 Å². The Morgan fingerprint density at radius 1 is 0.696 bits per heavy atom. The molecule has 0 N–H and O–H groups in total. The molecule has 279 valence electrons. The van der Waals surface area contributed by atoms with E-state index in [1.807, 2.05) is 0 Å². The number of fused-ring (bicyclic) bond motifs is 5. The Bertz CT molecular complexity index is 2640. The molecule has 56 heavy (non-hydrogen) atoms. The van der Waals surface area contributed by atoms with Gasteiger partial charge in [-0.25, -0.2) is 0 Å². The van der Waals surface area contributed by atoms with Crippen molar-refractivity contribution in [3.8, 4) is 5.75 Å². The van der Waals surface area contributed by atoms with Crippen molar-refractivity contribution in [3.05, 3.63) is 167 Å². The summed E-state index contributed by atoms with van der Waals surface area (Å²) in [6, 6.07) is 43.5. The number of aryl methyl sites for hydroxylation is 1. The van der Waals surface area contributed by atoms with Gasteiger partial charge >= 0.3 is 0 Å². The molecule has 0 amide bonds. The number of nitrogens with zero attached hydrogens (tertiary/aromatic N) is 2. The van der Waals surface area contributed by atoms with E-state index >= 15 is 0 Å². The number of hydrogen-bond donors (Lipinski definition) is 0. The Morgan fingerprint density at radius 3 is 2.11 bits per heavy atom. The van der Waals surface area contributed by atoms with Gasteiger partial charge in [0.2, 0.25) is 0 Å². The van der Waals surface area contributed by atoms with Crippen molar-refractivity contribution >= 4 is 78.6 Å². The van der Waals surface area contributed by atoms with Crippen molar-refractivity contribution in [3.63, 3.8) is 0 Å². The molecule has 0 spiro atoms. The quantitative estimate of drug-likeness (QED) is 0.144. The maximum Gasteiger partial charge on any atom is 0.128 e. The molecule has 1 radical (unpaired) electrons. The summed E-state index contributed by atoms with van der Waals surface area (Å²) in [5.41, 5.74) is 9.81. The normalized spacial score (nSPS) is 18.1. The first-order chi connectivity index (χ1) is 27.0. The molecule has 9 rings (SSSR count). The van der Waals surface area contributed by atoms with E-state index in [2.05, 4.69) is 208 Å². The fraction of sp³-hybridized carbons (Fsp3) is 0.216. The Labute approximate surface area is 335 Å². The van der Waals surface area contributed by atoms with Crippen molar-refractivity contribution in [2.45, 2.75) is 71.1 Å². The molecule has 0 aromatic heterocycles. The second-order valence-corrected chi connectivity index (χ2v) is 24.6. The van der Waals surface area contributed by atoms with E-state index in [1.165, 1.54) is 71.0 Å². The fourth-order valence-corrected chi connectivity index (χ4v) is 10.9. The highest BCUT2D eigenvalue weighted by Crippen LogP contribution is 2.46. The van der Waals surface area contributed by atoms with E-state index in [9.17, 15) is 0 Å². The molecule has 0 saturated carbocycles. The van der Waals surface area contributed by atoms with Crippen LogP contribution in [0.15, 0.2) is 140 Å². The van der Waals surface area contributed by atoms with Crippen LogP contribution in [0.4, 0.5) is 28.4 Å². The molecular formula is C51H51N2OSi2. The van der Waals surface area contributed by atoms with Gasteiger partial charge in [-0.2, -0.15) is 0 Å². The molecule has 0 fully saturated rings. The molecular weight excluding hydrogens is 713 g/mol. The van der Waals surface area contributed by atoms with Gasteiger partial charge in [0.1, 0.15) is 11.9 Å². The third-order valence-electron chi connectivity index (χ3n) is 12.1. The standard InChI is InChI=1S/C51H51N2OSi2/c1-34-44-32-50-46(30-36(44)18-28-48(34)52(38-14-10-8-11-15-38)40-20-24-42(25-21-40)55(3)4)47-31-37-19-29-49(35(2)45(37)33-51(47)54-50)53(39-16-12-9-13-17-39)41-22-26-43(27-23-41)56(5,6)7/h8-16,18-33,39,47,51H,17H2,1-7H3. The summed E-state index contributed by atoms with van der Waals surface area (Å²) in [6.07, 6.45) is 14.8. The van der Waals surface area contributed by atoms with E-state index in [-0.39, 0.29) is 18.1 Å². The monoisotopic (exact) mass is 763 g/mol. The molecule has 3 atom stereocenters.